The second-order valence-electron chi connectivity index (χ2n) is 8.74. The molecule has 4 rings (SSSR count). The second-order valence-corrected chi connectivity index (χ2v) is 8.74. The van der Waals surface area contributed by atoms with E-state index in [0.717, 1.165) is 4.90 Å². The highest BCUT2D eigenvalue weighted by Gasteiger charge is 2.40. The van der Waals surface area contributed by atoms with Crippen molar-refractivity contribution in [1.29, 1.82) is 0 Å². The predicted octanol–water partition coefficient (Wildman–Crippen LogP) is 3.39. The van der Waals surface area contributed by atoms with Crippen LogP contribution in [0.3, 0.4) is 0 Å². The van der Waals surface area contributed by atoms with Gasteiger partial charge in [0.1, 0.15) is 37.6 Å². The quantitative estimate of drug-likeness (QED) is 0.566. The number of quaternary nitrogens is 1. The van der Waals surface area contributed by atoms with Crippen LogP contribution >= 0.6 is 0 Å². The van der Waals surface area contributed by atoms with Crippen LogP contribution in [-0.4, -0.2) is 44.6 Å². The Balaban J connectivity index is 1.93. The molecule has 0 amide bonds. The first-order chi connectivity index (χ1) is 16.5. The van der Waals surface area contributed by atoms with Gasteiger partial charge in [0.2, 0.25) is 11.2 Å². The van der Waals surface area contributed by atoms with Crippen molar-refractivity contribution in [3.63, 3.8) is 0 Å². The highest BCUT2D eigenvalue weighted by atomic mass is 19.4. The van der Waals surface area contributed by atoms with Crippen molar-refractivity contribution in [2.45, 2.75) is 38.8 Å². The van der Waals surface area contributed by atoms with Crippen molar-refractivity contribution in [3.05, 3.63) is 51.9 Å². The number of phenolic OH excluding ortho intramolecular Hbond substituents is 1. The highest BCUT2D eigenvalue weighted by Crippen LogP contribution is 2.41. The van der Waals surface area contributed by atoms with Crippen LogP contribution in [-0.2, 0) is 17.5 Å². The van der Waals surface area contributed by atoms with E-state index in [1.54, 1.807) is 0 Å². The molecule has 3 aromatic rings. The molecule has 0 unspecified atom stereocenters. The molecule has 1 aliphatic rings. The number of rotatable bonds is 5. The van der Waals surface area contributed by atoms with Gasteiger partial charge in [0.15, 0.2) is 17.1 Å². The van der Waals surface area contributed by atoms with E-state index in [9.17, 15) is 23.1 Å². The van der Waals surface area contributed by atoms with Crippen molar-refractivity contribution in [2.75, 3.05) is 27.3 Å². The van der Waals surface area contributed by atoms with Gasteiger partial charge in [-0.15, -0.1) is 0 Å². The van der Waals surface area contributed by atoms with Gasteiger partial charge < -0.3 is 28.6 Å². The Kier molecular flexibility index (Phi) is 6.70. The lowest BCUT2D eigenvalue weighted by Crippen LogP contribution is -3.14. The number of hydrogen-bond acceptors (Lipinski definition) is 6. The zero-order valence-corrected chi connectivity index (χ0v) is 19.8. The maximum atomic E-state index is 14.2. The van der Waals surface area contributed by atoms with Gasteiger partial charge >= 0.3 is 6.18 Å². The molecule has 1 fully saturated rings. The number of aromatic hydroxyl groups is 1. The number of benzene rings is 2. The Morgan fingerprint density at radius 3 is 2.31 bits per heavy atom. The maximum Gasteiger partial charge on any atom is 0.450 e. The minimum Gasteiger partial charge on any atom is -0.507 e. The number of methoxy groups -OCH3 is 2. The third kappa shape index (κ3) is 4.81. The van der Waals surface area contributed by atoms with Gasteiger partial charge in [-0.25, -0.2) is 0 Å². The number of morpholine rings is 1. The Bertz CT molecular complexity index is 1290. The molecule has 10 heteroatoms. The van der Waals surface area contributed by atoms with Crippen LogP contribution in [0.5, 0.6) is 17.2 Å². The van der Waals surface area contributed by atoms with Gasteiger partial charge in [-0.2, -0.15) is 13.2 Å². The highest BCUT2D eigenvalue weighted by molar-refractivity contribution is 5.87. The van der Waals surface area contributed by atoms with Crippen LogP contribution in [0, 0.1) is 0 Å². The van der Waals surface area contributed by atoms with Crippen LogP contribution in [0.1, 0.15) is 25.2 Å². The summed E-state index contributed by atoms with van der Waals surface area (Å²) in [6, 6.07) is 6.66. The average Bonchev–Trinajstić information content (AvgIpc) is 2.79. The van der Waals surface area contributed by atoms with E-state index in [0.29, 0.717) is 18.8 Å². The third-order valence-electron chi connectivity index (χ3n) is 6.11. The lowest BCUT2D eigenvalue weighted by Gasteiger charge is -2.32. The van der Waals surface area contributed by atoms with Gasteiger partial charge in [-0.05, 0) is 43.7 Å². The van der Waals surface area contributed by atoms with E-state index >= 15 is 0 Å². The minimum atomic E-state index is -4.96. The van der Waals surface area contributed by atoms with E-state index in [2.05, 4.69) is 0 Å². The first-order valence-electron chi connectivity index (χ1n) is 11.1. The molecule has 35 heavy (non-hydrogen) atoms. The van der Waals surface area contributed by atoms with E-state index in [4.69, 9.17) is 18.6 Å². The summed E-state index contributed by atoms with van der Waals surface area (Å²) in [4.78, 5) is 14.5. The number of fused-ring (bicyclic) bond motifs is 1. The van der Waals surface area contributed by atoms with Crippen molar-refractivity contribution in [2.24, 2.45) is 0 Å². The maximum absolute atomic E-state index is 14.2. The number of hydrogen-bond donors (Lipinski definition) is 2. The Morgan fingerprint density at radius 2 is 1.71 bits per heavy atom. The fourth-order valence-electron chi connectivity index (χ4n) is 4.71. The van der Waals surface area contributed by atoms with Crippen molar-refractivity contribution < 1.29 is 41.8 Å². The smallest absolute Gasteiger partial charge is 0.450 e. The van der Waals surface area contributed by atoms with E-state index in [1.165, 1.54) is 44.6 Å². The van der Waals surface area contributed by atoms with Crippen LogP contribution in [0.2, 0.25) is 0 Å². The normalized spacial score (nSPS) is 20.7. The zero-order valence-electron chi connectivity index (χ0n) is 19.8. The van der Waals surface area contributed by atoms with Crippen molar-refractivity contribution in [3.8, 4) is 28.4 Å². The summed E-state index contributed by atoms with van der Waals surface area (Å²) >= 11 is 0. The fourth-order valence-corrected chi connectivity index (χ4v) is 4.71. The molecule has 1 saturated heterocycles. The van der Waals surface area contributed by atoms with E-state index in [1.807, 2.05) is 13.8 Å². The largest absolute Gasteiger partial charge is 0.507 e. The molecule has 0 bridgehead atoms. The SMILES string of the molecule is COc1ccc(-c2c(C(F)(F)F)oc3c(C[NH+]4C[C@H](C)O[C@@H](C)C4)c(O)ccc3c2=O)cc1OC. The molecule has 1 aromatic heterocycles. The molecular formula is C25H27F3NO6+. The monoisotopic (exact) mass is 494 g/mol. The first-order valence-corrected chi connectivity index (χ1v) is 11.1. The first kappa shape index (κ1) is 24.9. The molecule has 0 radical (unpaired) electrons. The van der Waals surface area contributed by atoms with Crippen LogP contribution in [0.4, 0.5) is 13.2 Å². The number of nitrogens with one attached hydrogen (secondary N) is 1. The summed E-state index contributed by atoms with van der Waals surface area (Å²) in [5, 5.41) is 10.5. The van der Waals surface area contributed by atoms with E-state index < -0.39 is 22.9 Å². The van der Waals surface area contributed by atoms with Crippen LogP contribution in [0.15, 0.2) is 39.5 Å². The number of ether oxygens (including phenoxy) is 3. The molecule has 2 heterocycles. The molecule has 0 spiro atoms. The van der Waals surface area contributed by atoms with Crippen LogP contribution in [0.25, 0.3) is 22.1 Å². The lowest BCUT2D eigenvalue weighted by atomic mass is 9.99. The fraction of sp³-hybridized carbons (Fsp3) is 0.400. The van der Waals surface area contributed by atoms with Gasteiger partial charge in [-0.1, -0.05) is 6.07 Å². The Labute approximate surface area is 199 Å². The molecule has 0 saturated carbocycles. The Hall–Kier alpha value is -3.24. The summed E-state index contributed by atoms with van der Waals surface area (Å²) in [5.41, 5.74) is -1.64. The Morgan fingerprint density at radius 1 is 1.06 bits per heavy atom. The summed E-state index contributed by atoms with van der Waals surface area (Å²) in [6.07, 6.45) is -5.08. The molecule has 7 nitrogen and oxygen atoms in total. The minimum absolute atomic E-state index is 0.0262. The van der Waals surface area contributed by atoms with Gasteiger partial charge in [0.25, 0.3) is 0 Å². The number of alkyl halides is 3. The molecule has 2 N–H and O–H groups in total. The molecule has 2 atom stereocenters. The van der Waals surface area contributed by atoms with Crippen molar-refractivity contribution in [1.82, 2.24) is 0 Å². The second kappa shape index (κ2) is 9.43. The third-order valence-corrected chi connectivity index (χ3v) is 6.11. The van der Waals surface area contributed by atoms with Gasteiger partial charge in [-0.3, -0.25) is 4.79 Å². The van der Waals surface area contributed by atoms with Gasteiger partial charge in [0, 0.05) is 0 Å². The summed E-state index contributed by atoms with van der Waals surface area (Å²) < 4.78 is 64.1. The summed E-state index contributed by atoms with van der Waals surface area (Å²) in [6.45, 7) is 5.20. The standard InChI is InChI=1S/C25H26F3NO6/c1-13-10-29(11-14(2)34-13)12-17-18(30)7-6-16-22(31)21(24(25(26,27)28)35-23(16)17)15-5-8-19(32-3)20(9-15)33-4/h5-9,13-14,30H,10-12H2,1-4H3/p+1/t13-,14-/m0/s1. The zero-order chi connectivity index (χ0) is 25.5. The number of phenols is 1. The molecule has 1 aliphatic heterocycles. The number of halogens is 3. The summed E-state index contributed by atoms with van der Waals surface area (Å²) in [7, 11) is 2.74. The molecule has 188 valence electrons. The van der Waals surface area contributed by atoms with Gasteiger partial charge in [0.05, 0.1) is 30.7 Å². The summed E-state index contributed by atoms with van der Waals surface area (Å²) in [5.74, 6) is -1.19. The predicted molar refractivity (Wildman–Crippen MR) is 122 cm³/mol. The molecule has 0 aliphatic carbocycles. The lowest BCUT2D eigenvalue weighted by molar-refractivity contribution is -0.928. The van der Waals surface area contributed by atoms with Crippen LogP contribution < -0.4 is 19.8 Å². The molecule has 2 aromatic carbocycles. The van der Waals surface area contributed by atoms with E-state index in [-0.39, 0.29) is 52.3 Å². The van der Waals surface area contributed by atoms with Crippen molar-refractivity contribution >= 4 is 11.0 Å². The average molecular weight is 494 g/mol. The molecular weight excluding hydrogens is 467 g/mol. The topological polar surface area (TPSA) is 82.6 Å².